The molecule has 0 saturated carbocycles. The first-order valence-electron chi connectivity index (χ1n) is 10.1. The van der Waals surface area contributed by atoms with Crippen LogP contribution >= 0.6 is 35.0 Å². The number of carbonyl (C=O) groups is 2. The highest BCUT2D eigenvalue weighted by molar-refractivity contribution is 7.99. The number of benzene rings is 2. The first kappa shape index (κ1) is 24.8. The van der Waals surface area contributed by atoms with Crippen molar-refractivity contribution in [2.45, 2.75) is 25.0 Å². The summed E-state index contributed by atoms with van der Waals surface area (Å²) in [6.45, 7) is 6.55. The number of aromatic nitrogens is 3. The van der Waals surface area contributed by atoms with E-state index in [-0.39, 0.29) is 17.6 Å². The van der Waals surface area contributed by atoms with Crippen LogP contribution in [-0.4, -0.2) is 38.9 Å². The van der Waals surface area contributed by atoms with Crippen molar-refractivity contribution < 1.29 is 9.59 Å². The van der Waals surface area contributed by atoms with Crippen LogP contribution in [0.15, 0.2) is 60.3 Å². The lowest BCUT2D eigenvalue weighted by atomic mass is 10.2. The number of thioether (sulfide) groups is 1. The van der Waals surface area contributed by atoms with Crippen molar-refractivity contribution in [2.24, 2.45) is 0 Å². The van der Waals surface area contributed by atoms with E-state index in [9.17, 15) is 9.59 Å². The summed E-state index contributed by atoms with van der Waals surface area (Å²) in [5.74, 6) is 0.522. The summed E-state index contributed by atoms with van der Waals surface area (Å²) in [5.41, 5.74) is 2.14. The minimum atomic E-state index is -0.190. The molecule has 0 unspecified atom stereocenters. The minimum Gasteiger partial charge on any atom is -0.352 e. The molecule has 0 atom stereocenters. The molecule has 0 aliphatic heterocycles. The fourth-order valence-electron chi connectivity index (χ4n) is 3.00. The lowest BCUT2D eigenvalue weighted by Gasteiger charge is -2.10. The third-order valence-electron chi connectivity index (χ3n) is 4.64. The maximum absolute atomic E-state index is 12.4. The number of rotatable bonds is 10. The lowest BCUT2D eigenvalue weighted by molar-refractivity contribution is -0.113. The molecule has 0 radical (unpaired) electrons. The molecule has 3 rings (SSSR count). The largest absolute Gasteiger partial charge is 0.352 e. The van der Waals surface area contributed by atoms with Gasteiger partial charge in [-0.1, -0.05) is 41.0 Å². The summed E-state index contributed by atoms with van der Waals surface area (Å²) in [4.78, 5) is 24.7. The molecule has 0 fully saturated rings. The van der Waals surface area contributed by atoms with E-state index < -0.39 is 0 Å². The second-order valence-corrected chi connectivity index (χ2v) is 8.92. The van der Waals surface area contributed by atoms with Gasteiger partial charge in [0, 0.05) is 40.8 Å². The van der Waals surface area contributed by atoms with E-state index in [0.717, 1.165) is 11.3 Å². The van der Waals surface area contributed by atoms with Crippen molar-refractivity contribution >= 4 is 52.5 Å². The van der Waals surface area contributed by atoms with Gasteiger partial charge in [0.05, 0.1) is 5.75 Å². The first-order chi connectivity index (χ1) is 15.9. The minimum absolute atomic E-state index is 0.157. The van der Waals surface area contributed by atoms with E-state index in [0.29, 0.717) is 46.1 Å². The topological polar surface area (TPSA) is 88.9 Å². The molecule has 10 heteroatoms. The van der Waals surface area contributed by atoms with E-state index in [1.54, 1.807) is 48.5 Å². The molecule has 0 aliphatic rings. The smallest absolute Gasteiger partial charge is 0.251 e. The summed E-state index contributed by atoms with van der Waals surface area (Å²) < 4.78 is 1.88. The maximum Gasteiger partial charge on any atom is 0.251 e. The molecule has 2 aromatic carbocycles. The van der Waals surface area contributed by atoms with E-state index in [1.807, 2.05) is 11.5 Å². The molecule has 2 amide bonds. The molecule has 0 saturated heterocycles. The molecule has 0 spiro atoms. The number of hydrogen-bond acceptors (Lipinski definition) is 5. The number of halogens is 2. The van der Waals surface area contributed by atoms with Crippen LogP contribution in [0.1, 0.15) is 21.7 Å². The van der Waals surface area contributed by atoms with Gasteiger partial charge in [0.1, 0.15) is 5.82 Å². The Morgan fingerprint density at radius 3 is 2.55 bits per heavy atom. The van der Waals surface area contributed by atoms with Crippen molar-refractivity contribution in [1.82, 2.24) is 20.1 Å². The lowest BCUT2D eigenvalue weighted by Crippen LogP contribution is -2.26. The Hall–Kier alpha value is -2.81. The van der Waals surface area contributed by atoms with Gasteiger partial charge in [-0.3, -0.25) is 9.59 Å². The van der Waals surface area contributed by atoms with Crippen LogP contribution < -0.4 is 10.6 Å². The van der Waals surface area contributed by atoms with E-state index >= 15 is 0 Å². The Kier molecular flexibility index (Phi) is 8.94. The summed E-state index contributed by atoms with van der Waals surface area (Å²) in [6.07, 6.45) is 2.22. The molecule has 1 heterocycles. The zero-order valence-electron chi connectivity index (χ0n) is 18.0. The Morgan fingerprint density at radius 1 is 1.12 bits per heavy atom. The van der Waals surface area contributed by atoms with Crippen molar-refractivity contribution in [3.8, 4) is 0 Å². The van der Waals surface area contributed by atoms with Crippen LogP contribution in [-0.2, 0) is 17.8 Å². The van der Waals surface area contributed by atoms with Gasteiger partial charge in [0.15, 0.2) is 5.16 Å². The van der Waals surface area contributed by atoms with Gasteiger partial charge in [0.2, 0.25) is 5.91 Å². The third-order valence-corrected chi connectivity index (χ3v) is 6.09. The average molecular weight is 504 g/mol. The fourth-order valence-corrected chi connectivity index (χ4v) is 4.12. The number of carbonyl (C=O) groups excluding carboxylic acids is 2. The average Bonchev–Trinajstić information content (AvgIpc) is 3.16. The van der Waals surface area contributed by atoms with Crippen molar-refractivity contribution in [1.29, 1.82) is 0 Å². The number of aryl methyl sites for hydroxylation is 1. The molecule has 0 bridgehead atoms. The first-order valence-corrected chi connectivity index (χ1v) is 11.9. The number of allylic oxidation sites excluding steroid dienone is 1. The van der Waals surface area contributed by atoms with Gasteiger partial charge in [-0.2, -0.15) is 0 Å². The molecule has 0 aliphatic carbocycles. The fraction of sp³-hybridized carbons (Fsp3) is 0.217. The van der Waals surface area contributed by atoms with E-state index in [4.69, 9.17) is 23.2 Å². The van der Waals surface area contributed by atoms with Gasteiger partial charge >= 0.3 is 0 Å². The number of nitrogens with zero attached hydrogens (tertiary/aromatic N) is 3. The molecule has 3 aromatic rings. The molecular weight excluding hydrogens is 481 g/mol. The summed E-state index contributed by atoms with van der Waals surface area (Å²) in [7, 11) is 0. The van der Waals surface area contributed by atoms with Crippen LogP contribution in [0.5, 0.6) is 0 Å². The number of amides is 2. The maximum atomic E-state index is 12.4. The predicted molar refractivity (Wildman–Crippen MR) is 133 cm³/mol. The Bertz CT molecular complexity index is 1150. The highest BCUT2D eigenvalue weighted by Gasteiger charge is 2.15. The van der Waals surface area contributed by atoms with Crippen LogP contribution in [0.4, 0.5) is 5.69 Å². The Balaban J connectivity index is 1.55. The van der Waals surface area contributed by atoms with Gasteiger partial charge in [-0.25, -0.2) is 0 Å². The summed E-state index contributed by atoms with van der Waals surface area (Å²) >= 11 is 13.1. The van der Waals surface area contributed by atoms with Gasteiger partial charge in [0.25, 0.3) is 5.91 Å². The predicted octanol–water partition coefficient (Wildman–Crippen LogP) is 4.78. The van der Waals surface area contributed by atoms with Gasteiger partial charge < -0.3 is 15.2 Å². The monoisotopic (exact) mass is 503 g/mol. The highest BCUT2D eigenvalue weighted by atomic mass is 35.5. The second-order valence-electron chi connectivity index (χ2n) is 7.11. The van der Waals surface area contributed by atoms with Crippen LogP contribution in [0, 0.1) is 6.92 Å². The highest BCUT2D eigenvalue weighted by Crippen LogP contribution is 2.21. The molecule has 2 N–H and O–H groups in total. The van der Waals surface area contributed by atoms with Crippen LogP contribution in [0.2, 0.25) is 10.0 Å². The second kappa shape index (κ2) is 11.9. The zero-order chi connectivity index (χ0) is 23.8. The van der Waals surface area contributed by atoms with E-state index in [1.165, 1.54) is 11.8 Å². The molecular formula is C23H23Cl2N5O2S. The SMILES string of the molecule is C=CCn1c(CCNC(=O)c2ccc(Cl)cc2)nnc1SCC(=O)Nc1ccc(Cl)cc1C. The van der Waals surface area contributed by atoms with E-state index in [2.05, 4.69) is 27.4 Å². The Labute approximate surface area is 206 Å². The van der Waals surface area contributed by atoms with Crippen molar-refractivity contribution in [3.63, 3.8) is 0 Å². The molecule has 172 valence electrons. The molecule has 1 aromatic heterocycles. The number of nitrogens with one attached hydrogen (secondary N) is 2. The quantitative estimate of drug-likeness (QED) is 0.306. The third kappa shape index (κ3) is 7.08. The number of anilines is 1. The molecule has 33 heavy (non-hydrogen) atoms. The van der Waals surface area contributed by atoms with Crippen molar-refractivity contribution in [3.05, 3.63) is 82.1 Å². The van der Waals surface area contributed by atoms with Crippen LogP contribution in [0.25, 0.3) is 0 Å². The Morgan fingerprint density at radius 2 is 1.85 bits per heavy atom. The number of hydrogen-bond donors (Lipinski definition) is 2. The normalized spacial score (nSPS) is 10.6. The zero-order valence-corrected chi connectivity index (χ0v) is 20.3. The summed E-state index contributed by atoms with van der Waals surface area (Å²) in [5, 5.41) is 16.0. The molecule has 7 nitrogen and oxygen atoms in total. The summed E-state index contributed by atoms with van der Waals surface area (Å²) in [6, 6.07) is 12.0. The van der Waals surface area contributed by atoms with Crippen LogP contribution in [0.3, 0.4) is 0 Å². The van der Waals surface area contributed by atoms with Gasteiger partial charge in [-0.05, 0) is 55.0 Å². The van der Waals surface area contributed by atoms with Gasteiger partial charge in [-0.15, -0.1) is 16.8 Å². The van der Waals surface area contributed by atoms with Crippen molar-refractivity contribution in [2.75, 3.05) is 17.6 Å². The standard InChI is InChI=1S/C23H23Cl2N5O2S/c1-3-12-30-20(10-11-26-22(32)16-4-6-17(24)7-5-16)28-29-23(30)33-14-21(31)27-19-9-8-18(25)13-15(19)2/h3-9,13H,1,10-12,14H2,2H3,(H,26,32)(H,27,31).